The van der Waals surface area contributed by atoms with Crippen LogP contribution < -0.4 is 14.8 Å². The Labute approximate surface area is 129 Å². The molecule has 0 unspecified atom stereocenters. The first-order valence-corrected chi connectivity index (χ1v) is 7.44. The molecule has 0 aliphatic carbocycles. The third kappa shape index (κ3) is 4.38. The summed E-state index contributed by atoms with van der Waals surface area (Å²) in [6.07, 6.45) is 1.01. The van der Waals surface area contributed by atoms with Crippen LogP contribution in [0.2, 0.25) is 0 Å². The largest absolute Gasteiger partial charge is 0.485 e. The normalized spacial score (nSPS) is 17.5. The van der Waals surface area contributed by atoms with E-state index in [0.717, 1.165) is 12.8 Å². The van der Waals surface area contributed by atoms with E-state index in [1.165, 1.54) is 0 Å². The topological polar surface area (TPSA) is 73.9 Å². The molecule has 1 N–H and O–H groups in total. The summed E-state index contributed by atoms with van der Waals surface area (Å²) in [5, 5.41) is 2.77. The lowest BCUT2D eigenvalue weighted by molar-refractivity contribution is -0.157. The van der Waals surface area contributed by atoms with E-state index in [2.05, 4.69) is 5.32 Å². The molecule has 120 valence electrons. The monoisotopic (exact) mass is 307 g/mol. The minimum absolute atomic E-state index is 0.0670. The maximum absolute atomic E-state index is 11.9. The van der Waals surface area contributed by atoms with Gasteiger partial charge in [-0.15, -0.1) is 0 Å². The highest BCUT2D eigenvalue weighted by atomic mass is 16.6. The summed E-state index contributed by atoms with van der Waals surface area (Å²) < 4.78 is 15.9. The van der Waals surface area contributed by atoms with Crippen LogP contribution in [0.1, 0.15) is 26.7 Å². The molecule has 1 aliphatic heterocycles. The number of esters is 1. The zero-order valence-electron chi connectivity index (χ0n) is 12.8. The van der Waals surface area contributed by atoms with Crippen molar-refractivity contribution in [2.24, 2.45) is 0 Å². The van der Waals surface area contributed by atoms with Gasteiger partial charge in [-0.25, -0.2) is 4.79 Å². The van der Waals surface area contributed by atoms with E-state index in [9.17, 15) is 9.59 Å². The van der Waals surface area contributed by atoms with Crippen molar-refractivity contribution in [2.75, 3.05) is 13.2 Å². The van der Waals surface area contributed by atoms with Crippen LogP contribution in [0, 0.1) is 0 Å². The highest BCUT2D eigenvalue weighted by Gasteiger charge is 2.29. The number of hydrogen-bond acceptors (Lipinski definition) is 5. The van der Waals surface area contributed by atoms with Crippen LogP contribution >= 0.6 is 0 Å². The van der Waals surface area contributed by atoms with Gasteiger partial charge in [-0.2, -0.15) is 0 Å². The number of hydrogen-bond donors (Lipinski definition) is 1. The van der Waals surface area contributed by atoms with Crippen molar-refractivity contribution in [2.45, 2.75) is 38.8 Å². The van der Waals surface area contributed by atoms with Gasteiger partial charge in [0.05, 0.1) is 0 Å². The first-order valence-electron chi connectivity index (χ1n) is 7.44. The Morgan fingerprint density at radius 3 is 2.82 bits per heavy atom. The highest BCUT2D eigenvalue weighted by molar-refractivity contribution is 5.82. The molecule has 1 aromatic rings. The predicted octanol–water partition coefficient (Wildman–Crippen LogP) is 1.67. The van der Waals surface area contributed by atoms with E-state index in [-0.39, 0.29) is 25.2 Å². The molecule has 2 rings (SSSR count). The molecule has 2 atom stereocenters. The minimum atomic E-state index is -0.851. The third-order valence-corrected chi connectivity index (χ3v) is 3.25. The Bertz CT molecular complexity index is 531. The SMILES string of the molecule is CCC[C@@H](C)NC(=O)COC(=O)[C@H]1COc2ccccc2O1. The Morgan fingerprint density at radius 1 is 1.36 bits per heavy atom. The molecule has 0 fully saturated rings. The van der Waals surface area contributed by atoms with E-state index >= 15 is 0 Å². The van der Waals surface area contributed by atoms with Crippen molar-refractivity contribution in [3.8, 4) is 11.5 Å². The fourth-order valence-corrected chi connectivity index (χ4v) is 2.19. The van der Waals surface area contributed by atoms with Gasteiger partial charge < -0.3 is 19.5 Å². The van der Waals surface area contributed by atoms with Gasteiger partial charge in [0.15, 0.2) is 18.1 Å². The highest BCUT2D eigenvalue weighted by Crippen LogP contribution is 2.31. The summed E-state index contributed by atoms with van der Waals surface area (Å²) in [6, 6.07) is 7.16. The minimum Gasteiger partial charge on any atom is -0.485 e. The lowest BCUT2D eigenvalue weighted by Crippen LogP contribution is -2.41. The maximum Gasteiger partial charge on any atom is 0.351 e. The van der Waals surface area contributed by atoms with Crippen LogP contribution in [0.25, 0.3) is 0 Å². The average molecular weight is 307 g/mol. The van der Waals surface area contributed by atoms with Crippen molar-refractivity contribution >= 4 is 11.9 Å². The molecular formula is C16H21NO5. The summed E-state index contributed by atoms with van der Waals surface area (Å²) in [7, 11) is 0. The third-order valence-electron chi connectivity index (χ3n) is 3.25. The second-order valence-corrected chi connectivity index (χ2v) is 5.23. The Balaban J connectivity index is 1.78. The molecule has 1 aromatic carbocycles. The standard InChI is InChI=1S/C16H21NO5/c1-3-6-11(2)17-15(18)10-21-16(19)14-9-20-12-7-4-5-8-13(12)22-14/h4-5,7-8,11,14H,3,6,9-10H2,1-2H3,(H,17,18)/t11-,14-/m1/s1. The van der Waals surface area contributed by atoms with Crippen molar-refractivity contribution in [3.05, 3.63) is 24.3 Å². The van der Waals surface area contributed by atoms with Gasteiger partial charge in [0.2, 0.25) is 6.10 Å². The van der Waals surface area contributed by atoms with E-state index in [4.69, 9.17) is 14.2 Å². The number of fused-ring (bicyclic) bond motifs is 1. The summed E-state index contributed by atoms with van der Waals surface area (Å²) in [5.74, 6) is 0.175. The lowest BCUT2D eigenvalue weighted by atomic mass is 10.2. The molecule has 0 aromatic heterocycles. The van der Waals surface area contributed by atoms with Crippen LogP contribution in [0.5, 0.6) is 11.5 Å². The number of ether oxygens (including phenoxy) is 3. The number of nitrogens with one attached hydrogen (secondary N) is 1. The van der Waals surface area contributed by atoms with E-state index in [1.54, 1.807) is 18.2 Å². The smallest absolute Gasteiger partial charge is 0.351 e. The van der Waals surface area contributed by atoms with Crippen molar-refractivity contribution in [1.29, 1.82) is 0 Å². The Morgan fingerprint density at radius 2 is 2.09 bits per heavy atom. The second-order valence-electron chi connectivity index (χ2n) is 5.23. The summed E-state index contributed by atoms with van der Waals surface area (Å²) in [6.45, 7) is 3.72. The van der Waals surface area contributed by atoms with E-state index < -0.39 is 12.1 Å². The molecule has 0 saturated heterocycles. The van der Waals surface area contributed by atoms with E-state index in [0.29, 0.717) is 11.5 Å². The van der Waals surface area contributed by atoms with Gasteiger partial charge in [0.25, 0.3) is 5.91 Å². The molecule has 1 heterocycles. The van der Waals surface area contributed by atoms with Gasteiger partial charge >= 0.3 is 5.97 Å². The molecule has 0 saturated carbocycles. The quantitative estimate of drug-likeness (QED) is 0.809. The predicted molar refractivity (Wildman–Crippen MR) is 79.8 cm³/mol. The molecular weight excluding hydrogens is 286 g/mol. The summed E-state index contributed by atoms with van der Waals surface area (Å²) in [5.41, 5.74) is 0. The number of benzene rings is 1. The van der Waals surface area contributed by atoms with Crippen molar-refractivity contribution in [1.82, 2.24) is 5.32 Å². The van der Waals surface area contributed by atoms with Gasteiger partial charge in [-0.1, -0.05) is 25.5 Å². The van der Waals surface area contributed by atoms with Crippen LogP contribution in [0.4, 0.5) is 0 Å². The number of para-hydroxylation sites is 2. The number of rotatable bonds is 6. The fraction of sp³-hybridized carbons (Fsp3) is 0.500. The molecule has 6 heteroatoms. The van der Waals surface area contributed by atoms with Crippen LogP contribution in [0.15, 0.2) is 24.3 Å². The van der Waals surface area contributed by atoms with Gasteiger partial charge in [0, 0.05) is 6.04 Å². The first-order chi connectivity index (χ1) is 10.6. The summed E-state index contributed by atoms with van der Waals surface area (Å²) in [4.78, 5) is 23.6. The van der Waals surface area contributed by atoms with Crippen LogP contribution in [-0.4, -0.2) is 37.2 Å². The Hall–Kier alpha value is -2.24. The van der Waals surface area contributed by atoms with Gasteiger partial charge in [0.1, 0.15) is 6.61 Å². The average Bonchev–Trinajstić information content (AvgIpc) is 2.52. The maximum atomic E-state index is 11.9. The van der Waals surface area contributed by atoms with Crippen molar-refractivity contribution < 1.29 is 23.8 Å². The second kappa shape index (κ2) is 7.68. The number of carbonyl (C=O) groups excluding carboxylic acids is 2. The van der Waals surface area contributed by atoms with Gasteiger partial charge in [-0.05, 0) is 25.5 Å². The fourth-order valence-electron chi connectivity index (χ4n) is 2.19. The molecule has 22 heavy (non-hydrogen) atoms. The lowest BCUT2D eigenvalue weighted by Gasteiger charge is -2.24. The Kier molecular flexibility index (Phi) is 5.63. The first kappa shape index (κ1) is 16.1. The molecule has 1 amide bonds. The number of amides is 1. The van der Waals surface area contributed by atoms with Crippen LogP contribution in [-0.2, 0) is 14.3 Å². The molecule has 0 bridgehead atoms. The zero-order chi connectivity index (χ0) is 15.9. The molecule has 0 spiro atoms. The molecule has 0 radical (unpaired) electrons. The number of carbonyl (C=O) groups is 2. The molecule has 1 aliphatic rings. The zero-order valence-corrected chi connectivity index (χ0v) is 12.8. The van der Waals surface area contributed by atoms with Crippen molar-refractivity contribution in [3.63, 3.8) is 0 Å². The van der Waals surface area contributed by atoms with Crippen LogP contribution in [0.3, 0.4) is 0 Å². The summed E-state index contributed by atoms with van der Waals surface area (Å²) >= 11 is 0. The molecule has 6 nitrogen and oxygen atoms in total. The van der Waals surface area contributed by atoms with Gasteiger partial charge in [-0.3, -0.25) is 4.79 Å². The van der Waals surface area contributed by atoms with E-state index in [1.807, 2.05) is 19.9 Å².